The van der Waals surface area contributed by atoms with E-state index in [-0.39, 0.29) is 12.3 Å². The van der Waals surface area contributed by atoms with E-state index in [9.17, 15) is 9.90 Å². The number of hydrogen-bond donors (Lipinski definition) is 4. The van der Waals surface area contributed by atoms with Crippen LogP contribution in [0.25, 0.3) is 0 Å². The summed E-state index contributed by atoms with van der Waals surface area (Å²) in [4.78, 5) is 11.2. The predicted molar refractivity (Wildman–Crippen MR) is 51.6 cm³/mol. The normalized spacial score (nSPS) is 17.2. The number of nitrogens with one attached hydrogen (secondary N) is 1. The van der Waals surface area contributed by atoms with Crippen LogP contribution in [-0.4, -0.2) is 47.1 Å². The third-order valence-corrected chi connectivity index (χ3v) is 2.21. The quantitative estimate of drug-likeness (QED) is 0.441. The zero-order valence-corrected chi connectivity index (χ0v) is 8.60. The molecule has 0 aliphatic carbocycles. The van der Waals surface area contributed by atoms with Crippen LogP contribution < -0.4 is 5.32 Å². The number of amides is 1. The first kappa shape index (κ1) is 13.4. The molecule has 0 aromatic heterocycles. The van der Waals surface area contributed by atoms with Crippen molar-refractivity contribution in [2.45, 2.75) is 32.0 Å². The Morgan fingerprint density at radius 3 is 2.36 bits per heavy atom. The predicted octanol–water partition coefficient (Wildman–Crippen LogP) is -1.14. The fraction of sp³-hybridized carbons (Fsp3) is 0.889. The number of rotatable bonds is 6. The molecule has 0 aromatic carbocycles. The Morgan fingerprint density at radius 2 is 2.00 bits per heavy atom. The molecule has 5 heteroatoms. The maximum absolute atomic E-state index is 11.2. The van der Waals surface area contributed by atoms with E-state index in [1.54, 1.807) is 6.92 Å². The Morgan fingerprint density at radius 1 is 1.43 bits per heavy atom. The molecule has 0 bridgehead atoms. The number of aliphatic hydroxyl groups is 3. The smallest absolute Gasteiger partial charge is 0.225 e. The number of aliphatic hydroxyl groups excluding tert-OH is 3. The summed E-state index contributed by atoms with van der Waals surface area (Å²) in [5.74, 6) is -0.772. The Hall–Kier alpha value is -0.650. The maximum atomic E-state index is 11.2. The zero-order valence-electron chi connectivity index (χ0n) is 8.60. The largest absolute Gasteiger partial charge is 0.394 e. The maximum Gasteiger partial charge on any atom is 0.225 e. The minimum absolute atomic E-state index is 0.0163. The summed E-state index contributed by atoms with van der Waals surface area (Å²) < 4.78 is 0. The van der Waals surface area contributed by atoms with Crippen molar-refractivity contribution in [2.75, 3.05) is 13.7 Å². The van der Waals surface area contributed by atoms with Gasteiger partial charge >= 0.3 is 0 Å². The van der Waals surface area contributed by atoms with Crippen molar-refractivity contribution in [1.82, 2.24) is 5.32 Å². The standard InChI is InChI=1S/C9H19NO4/c1-3-7(9(14)10-2)8(13)4-6(12)5-11/h6-8,11-13H,3-5H2,1-2H3,(H,10,14). The minimum Gasteiger partial charge on any atom is -0.394 e. The second-order valence-electron chi connectivity index (χ2n) is 3.27. The van der Waals surface area contributed by atoms with Crippen LogP contribution in [-0.2, 0) is 4.79 Å². The zero-order chi connectivity index (χ0) is 11.1. The van der Waals surface area contributed by atoms with E-state index < -0.39 is 24.7 Å². The average molecular weight is 205 g/mol. The molecule has 0 rings (SSSR count). The van der Waals surface area contributed by atoms with Gasteiger partial charge < -0.3 is 20.6 Å². The SMILES string of the molecule is CCC(C(=O)NC)C(O)CC(O)CO. The Kier molecular flexibility index (Phi) is 6.44. The molecule has 0 aliphatic heterocycles. The molecular formula is C9H19NO4. The number of carbonyl (C=O) groups excluding carboxylic acids is 1. The van der Waals surface area contributed by atoms with Gasteiger partial charge in [0.15, 0.2) is 0 Å². The summed E-state index contributed by atoms with van der Waals surface area (Å²) >= 11 is 0. The van der Waals surface area contributed by atoms with E-state index in [1.165, 1.54) is 7.05 Å². The average Bonchev–Trinajstić information content (AvgIpc) is 2.18. The van der Waals surface area contributed by atoms with Gasteiger partial charge in [-0.3, -0.25) is 4.79 Å². The van der Waals surface area contributed by atoms with Crippen LogP contribution in [0.2, 0.25) is 0 Å². The fourth-order valence-corrected chi connectivity index (χ4v) is 1.34. The van der Waals surface area contributed by atoms with Gasteiger partial charge in [-0.05, 0) is 6.42 Å². The van der Waals surface area contributed by atoms with Crippen molar-refractivity contribution in [3.63, 3.8) is 0 Å². The first-order chi connectivity index (χ1) is 6.56. The highest BCUT2D eigenvalue weighted by atomic mass is 16.3. The molecule has 0 fully saturated rings. The third-order valence-electron chi connectivity index (χ3n) is 2.21. The van der Waals surface area contributed by atoms with Crippen molar-refractivity contribution in [1.29, 1.82) is 0 Å². The first-order valence-electron chi connectivity index (χ1n) is 4.75. The Bertz CT molecular complexity index is 174. The molecule has 0 aromatic rings. The molecule has 0 radical (unpaired) electrons. The monoisotopic (exact) mass is 205 g/mol. The molecule has 84 valence electrons. The van der Waals surface area contributed by atoms with Crippen LogP contribution in [0, 0.1) is 5.92 Å². The number of hydrogen-bond acceptors (Lipinski definition) is 4. The molecule has 0 heterocycles. The van der Waals surface area contributed by atoms with Crippen molar-refractivity contribution in [3.05, 3.63) is 0 Å². The van der Waals surface area contributed by atoms with Gasteiger partial charge in [-0.1, -0.05) is 6.92 Å². The minimum atomic E-state index is -0.969. The fourth-order valence-electron chi connectivity index (χ4n) is 1.34. The number of carbonyl (C=O) groups is 1. The molecule has 0 spiro atoms. The second-order valence-corrected chi connectivity index (χ2v) is 3.27. The molecule has 0 aliphatic rings. The summed E-state index contributed by atoms with van der Waals surface area (Å²) in [6.45, 7) is 1.38. The third kappa shape index (κ3) is 4.04. The summed E-state index contributed by atoms with van der Waals surface area (Å²) in [6, 6.07) is 0. The molecule has 0 saturated carbocycles. The molecule has 3 atom stereocenters. The highest BCUT2D eigenvalue weighted by Gasteiger charge is 2.25. The molecule has 5 nitrogen and oxygen atoms in total. The molecule has 0 saturated heterocycles. The van der Waals surface area contributed by atoms with E-state index in [0.29, 0.717) is 6.42 Å². The Labute approximate surface area is 83.8 Å². The van der Waals surface area contributed by atoms with Crippen molar-refractivity contribution >= 4 is 5.91 Å². The van der Waals surface area contributed by atoms with Gasteiger partial charge in [-0.2, -0.15) is 0 Å². The summed E-state index contributed by atoms with van der Waals surface area (Å²) in [5, 5.41) is 29.7. The lowest BCUT2D eigenvalue weighted by atomic mass is 9.94. The summed E-state index contributed by atoms with van der Waals surface area (Å²) in [6.07, 6.45) is -1.37. The van der Waals surface area contributed by atoms with Crippen LogP contribution in [0.4, 0.5) is 0 Å². The topological polar surface area (TPSA) is 89.8 Å². The van der Waals surface area contributed by atoms with Crippen molar-refractivity contribution in [3.8, 4) is 0 Å². The van der Waals surface area contributed by atoms with E-state index >= 15 is 0 Å². The van der Waals surface area contributed by atoms with Gasteiger partial charge in [-0.25, -0.2) is 0 Å². The van der Waals surface area contributed by atoms with Gasteiger partial charge in [0.2, 0.25) is 5.91 Å². The van der Waals surface area contributed by atoms with E-state index in [4.69, 9.17) is 10.2 Å². The van der Waals surface area contributed by atoms with Crippen molar-refractivity contribution < 1.29 is 20.1 Å². The molecular weight excluding hydrogens is 186 g/mol. The molecule has 14 heavy (non-hydrogen) atoms. The van der Waals surface area contributed by atoms with Crippen LogP contribution >= 0.6 is 0 Å². The summed E-state index contributed by atoms with van der Waals surface area (Å²) in [7, 11) is 1.50. The van der Waals surface area contributed by atoms with Gasteiger partial charge in [0.25, 0.3) is 0 Å². The van der Waals surface area contributed by atoms with Crippen LogP contribution in [0.15, 0.2) is 0 Å². The van der Waals surface area contributed by atoms with Gasteiger partial charge in [-0.15, -0.1) is 0 Å². The highest BCUT2D eigenvalue weighted by Crippen LogP contribution is 2.13. The Balaban J connectivity index is 4.16. The lowest BCUT2D eigenvalue weighted by molar-refractivity contribution is -0.129. The summed E-state index contributed by atoms with van der Waals surface area (Å²) in [5.41, 5.74) is 0. The van der Waals surface area contributed by atoms with Gasteiger partial charge in [0, 0.05) is 13.5 Å². The van der Waals surface area contributed by atoms with Crippen LogP contribution in [0.1, 0.15) is 19.8 Å². The van der Waals surface area contributed by atoms with E-state index in [2.05, 4.69) is 5.32 Å². The molecule has 1 amide bonds. The van der Waals surface area contributed by atoms with Crippen LogP contribution in [0.5, 0.6) is 0 Å². The molecule has 3 unspecified atom stereocenters. The van der Waals surface area contributed by atoms with E-state index in [0.717, 1.165) is 0 Å². The first-order valence-corrected chi connectivity index (χ1v) is 4.75. The van der Waals surface area contributed by atoms with E-state index in [1.807, 2.05) is 0 Å². The molecule has 4 N–H and O–H groups in total. The lowest BCUT2D eigenvalue weighted by Gasteiger charge is -2.21. The van der Waals surface area contributed by atoms with Crippen molar-refractivity contribution in [2.24, 2.45) is 5.92 Å². The van der Waals surface area contributed by atoms with Gasteiger partial charge in [0.1, 0.15) is 0 Å². The highest BCUT2D eigenvalue weighted by molar-refractivity contribution is 5.78. The second kappa shape index (κ2) is 6.75. The lowest BCUT2D eigenvalue weighted by Crippen LogP contribution is -2.37. The van der Waals surface area contributed by atoms with Gasteiger partial charge in [0.05, 0.1) is 24.7 Å². The van der Waals surface area contributed by atoms with Crippen LogP contribution in [0.3, 0.4) is 0 Å².